The van der Waals surface area contributed by atoms with Crippen LogP contribution in [0.1, 0.15) is 11.1 Å². The molecule has 2 aromatic carbocycles. The van der Waals surface area contributed by atoms with Gasteiger partial charge in [0.15, 0.2) is 0 Å². The number of hydrogen-bond donors (Lipinski definition) is 1. The minimum Gasteiger partial charge on any atom is -0.497 e. The number of nitrogens with one attached hydrogen (secondary N) is 1. The van der Waals surface area contributed by atoms with Crippen molar-refractivity contribution in [1.82, 2.24) is 5.48 Å². The fraction of sp³-hybridized carbons (Fsp3) is 0.118. The van der Waals surface area contributed by atoms with Crippen molar-refractivity contribution in [3.8, 4) is 5.75 Å². The number of amides is 1. The van der Waals surface area contributed by atoms with Gasteiger partial charge in [-0.3, -0.25) is 9.63 Å². The molecule has 0 radical (unpaired) electrons. The highest BCUT2D eigenvalue weighted by Crippen LogP contribution is 2.13. The van der Waals surface area contributed by atoms with E-state index in [-0.39, 0.29) is 5.91 Å². The molecular formula is C17H17NO3. The van der Waals surface area contributed by atoms with Gasteiger partial charge in [-0.25, -0.2) is 5.48 Å². The summed E-state index contributed by atoms with van der Waals surface area (Å²) in [4.78, 5) is 16.7. The molecule has 0 spiro atoms. The Morgan fingerprint density at radius 1 is 1.14 bits per heavy atom. The van der Waals surface area contributed by atoms with Crippen molar-refractivity contribution in [2.75, 3.05) is 7.11 Å². The van der Waals surface area contributed by atoms with Crippen LogP contribution in [0.3, 0.4) is 0 Å². The summed E-state index contributed by atoms with van der Waals surface area (Å²) in [6.07, 6.45) is 3.11. The SMILES string of the molecule is COc1cccc(/C=C/C(=O)NOCc2ccccc2)c1. The van der Waals surface area contributed by atoms with Crippen LogP contribution >= 0.6 is 0 Å². The lowest BCUT2D eigenvalue weighted by Crippen LogP contribution is -2.21. The fourth-order valence-corrected chi connectivity index (χ4v) is 1.72. The van der Waals surface area contributed by atoms with Crippen LogP contribution in [-0.2, 0) is 16.2 Å². The molecule has 0 aliphatic heterocycles. The van der Waals surface area contributed by atoms with Crippen LogP contribution in [0.25, 0.3) is 6.08 Å². The van der Waals surface area contributed by atoms with Gasteiger partial charge in [0.25, 0.3) is 5.91 Å². The average Bonchev–Trinajstić information content (AvgIpc) is 2.54. The molecule has 0 fully saturated rings. The van der Waals surface area contributed by atoms with Gasteiger partial charge in [0.1, 0.15) is 5.75 Å². The molecule has 0 aliphatic rings. The maximum Gasteiger partial charge on any atom is 0.267 e. The summed E-state index contributed by atoms with van der Waals surface area (Å²) in [5, 5.41) is 0. The van der Waals surface area contributed by atoms with Gasteiger partial charge in [0.2, 0.25) is 0 Å². The third-order valence-electron chi connectivity index (χ3n) is 2.78. The molecule has 4 heteroatoms. The number of carbonyl (C=O) groups is 1. The van der Waals surface area contributed by atoms with E-state index >= 15 is 0 Å². The van der Waals surface area contributed by atoms with Crippen molar-refractivity contribution in [1.29, 1.82) is 0 Å². The van der Waals surface area contributed by atoms with Gasteiger partial charge in [-0.15, -0.1) is 0 Å². The molecular weight excluding hydrogens is 266 g/mol. The van der Waals surface area contributed by atoms with Crippen molar-refractivity contribution in [3.63, 3.8) is 0 Å². The first kappa shape index (κ1) is 14.8. The quantitative estimate of drug-likeness (QED) is 0.655. The van der Waals surface area contributed by atoms with Crippen LogP contribution in [0, 0.1) is 0 Å². The first-order valence-corrected chi connectivity index (χ1v) is 6.56. The first-order valence-electron chi connectivity index (χ1n) is 6.56. The molecule has 0 aromatic heterocycles. The Hall–Kier alpha value is -2.59. The smallest absolute Gasteiger partial charge is 0.267 e. The lowest BCUT2D eigenvalue weighted by atomic mass is 10.2. The Bertz CT molecular complexity index is 608. The van der Waals surface area contributed by atoms with E-state index in [1.807, 2.05) is 54.6 Å². The second-order valence-corrected chi connectivity index (χ2v) is 4.35. The Kier molecular flexibility index (Phi) is 5.55. The normalized spacial score (nSPS) is 10.5. The number of rotatable bonds is 6. The van der Waals surface area contributed by atoms with Gasteiger partial charge >= 0.3 is 0 Å². The largest absolute Gasteiger partial charge is 0.497 e. The molecule has 2 aromatic rings. The summed E-state index contributed by atoms with van der Waals surface area (Å²) in [5.41, 5.74) is 4.25. The molecule has 0 bridgehead atoms. The molecule has 0 saturated heterocycles. The lowest BCUT2D eigenvalue weighted by molar-refractivity contribution is -0.129. The Balaban J connectivity index is 1.79. The summed E-state index contributed by atoms with van der Waals surface area (Å²) in [7, 11) is 1.60. The van der Waals surface area contributed by atoms with Gasteiger partial charge in [-0.2, -0.15) is 0 Å². The first-order chi connectivity index (χ1) is 10.3. The minimum absolute atomic E-state index is 0.311. The van der Waals surface area contributed by atoms with Crippen LogP contribution in [-0.4, -0.2) is 13.0 Å². The summed E-state index contributed by atoms with van der Waals surface area (Å²) in [5.74, 6) is 0.437. The second-order valence-electron chi connectivity index (χ2n) is 4.35. The number of hydrogen-bond acceptors (Lipinski definition) is 3. The molecule has 0 heterocycles. The van der Waals surface area contributed by atoms with E-state index < -0.39 is 0 Å². The molecule has 0 atom stereocenters. The molecule has 0 saturated carbocycles. The third kappa shape index (κ3) is 5.12. The van der Waals surface area contributed by atoms with Crippen LogP contribution < -0.4 is 10.2 Å². The molecule has 1 amide bonds. The number of ether oxygens (including phenoxy) is 1. The van der Waals surface area contributed by atoms with Crippen molar-refractivity contribution in [2.45, 2.75) is 6.61 Å². The average molecular weight is 283 g/mol. The highest BCUT2D eigenvalue weighted by atomic mass is 16.6. The summed E-state index contributed by atoms with van der Waals surface area (Å²) in [6.45, 7) is 0.333. The zero-order chi connectivity index (χ0) is 14.9. The van der Waals surface area contributed by atoms with Gasteiger partial charge < -0.3 is 4.74 Å². The number of methoxy groups -OCH3 is 1. The molecule has 4 nitrogen and oxygen atoms in total. The monoisotopic (exact) mass is 283 g/mol. The van der Waals surface area contributed by atoms with Crippen LogP contribution in [0.5, 0.6) is 5.75 Å². The van der Waals surface area contributed by atoms with E-state index in [0.717, 1.165) is 16.9 Å². The van der Waals surface area contributed by atoms with Gasteiger partial charge in [0, 0.05) is 6.08 Å². The van der Waals surface area contributed by atoms with E-state index in [1.54, 1.807) is 13.2 Å². The predicted molar refractivity (Wildman–Crippen MR) is 81.4 cm³/mol. The van der Waals surface area contributed by atoms with Crippen molar-refractivity contribution >= 4 is 12.0 Å². The number of hydroxylamine groups is 1. The Labute approximate surface area is 124 Å². The predicted octanol–water partition coefficient (Wildman–Crippen LogP) is 2.96. The minimum atomic E-state index is -0.311. The van der Waals surface area contributed by atoms with Crippen molar-refractivity contribution in [2.24, 2.45) is 0 Å². The Morgan fingerprint density at radius 3 is 2.71 bits per heavy atom. The van der Waals surface area contributed by atoms with E-state index in [1.165, 1.54) is 6.08 Å². The summed E-state index contributed by atoms with van der Waals surface area (Å²) >= 11 is 0. The maximum atomic E-state index is 11.6. The molecule has 21 heavy (non-hydrogen) atoms. The van der Waals surface area contributed by atoms with E-state index in [0.29, 0.717) is 6.61 Å². The summed E-state index contributed by atoms with van der Waals surface area (Å²) < 4.78 is 5.12. The number of carbonyl (C=O) groups excluding carboxylic acids is 1. The van der Waals surface area contributed by atoms with E-state index in [2.05, 4.69) is 5.48 Å². The molecule has 2 rings (SSSR count). The second kappa shape index (κ2) is 7.87. The van der Waals surface area contributed by atoms with Crippen molar-refractivity contribution < 1.29 is 14.4 Å². The highest BCUT2D eigenvalue weighted by Gasteiger charge is 1.97. The van der Waals surface area contributed by atoms with Crippen LogP contribution in [0.4, 0.5) is 0 Å². The summed E-state index contributed by atoms with van der Waals surface area (Å²) in [6, 6.07) is 17.1. The van der Waals surface area contributed by atoms with Crippen molar-refractivity contribution in [3.05, 3.63) is 71.8 Å². The van der Waals surface area contributed by atoms with Crippen LogP contribution in [0.2, 0.25) is 0 Å². The zero-order valence-electron chi connectivity index (χ0n) is 11.8. The molecule has 0 unspecified atom stereocenters. The molecule has 0 aliphatic carbocycles. The standard InChI is InChI=1S/C17H17NO3/c1-20-16-9-5-8-14(12-16)10-11-17(19)18-21-13-15-6-3-2-4-7-15/h2-12H,13H2,1H3,(H,18,19)/b11-10+. The topological polar surface area (TPSA) is 47.6 Å². The highest BCUT2D eigenvalue weighted by molar-refractivity contribution is 5.90. The molecule has 108 valence electrons. The van der Waals surface area contributed by atoms with Gasteiger partial charge in [-0.05, 0) is 29.3 Å². The number of benzene rings is 2. The maximum absolute atomic E-state index is 11.6. The molecule has 1 N–H and O–H groups in total. The third-order valence-corrected chi connectivity index (χ3v) is 2.78. The van der Waals surface area contributed by atoms with E-state index in [4.69, 9.17) is 9.57 Å². The van der Waals surface area contributed by atoms with Gasteiger partial charge in [-0.1, -0.05) is 42.5 Å². The Morgan fingerprint density at radius 2 is 1.95 bits per heavy atom. The fourth-order valence-electron chi connectivity index (χ4n) is 1.72. The van der Waals surface area contributed by atoms with Crippen LogP contribution in [0.15, 0.2) is 60.7 Å². The van der Waals surface area contributed by atoms with E-state index in [9.17, 15) is 4.79 Å². The lowest BCUT2D eigenvalue weighted by Gasteiger charge is -2.03. The van der Waals surface area contributed by atoms with Gasteiger partial charge in [0.05, 0.1) is 13.7 Å². The zero-order valence-corrected chi connectivity index (χ0v) is 11.8.